The zero-order chi connectivity index (χ0) is 19.4. The molecule has 0 bridgehead atoms. The highest BCUT2D eigenvalue weighted by Crippen LogP contribution is 2.38. The summed E-state index contributed by atoms with van der Waals surface area (Å²) in [6, 6.07) is 12.8. The molecular weight excluding hydrogens is 362 g/mol. The standard InChI is InChI=1S/C23H19N5O/c1-29-22-10-16-12-24-11-15(16)8-19(22)20-13-27-28-7-4-14(9-21(20)28)17-2-5-25-23-18(17)3-6-26-23/h2-10,13,24H,11-12H2,1H3,(H,25,26). The van der Waals surface area contributed by atoms with Gasteiger partial charge in [-0.1, -0.05) is 0 Å². The molecule has 0 aliphatic carbocycles. The average Bonchev–Trinajstić information content (AvgIpc) is 3.50. The van der Waals surface area contributed by atoms with Gasteiger partial charge in [0.2, 0.25) is 0 Å². The second-order valence-corrected chi connectivity index (χ2v) is 7.33. The molecule has 1 aliphatic heterocycles. The minimum Gasteiger partial charge on any atom is -0.496 e. The molecule has 0 radical (unpaired) electrons. The maximum Gasteiger partial charge on any atom is 0.137 e. The average molecular weight is 381 g/mol. The van der Waals surface area contributed by atoms with Gasteiger partial charge in [0, 0.05) is 48.2 Å². The van der Waals surface area contributed by atoms with Crippen LogP contribution in [0.1, 0.15) is 11.1 Å². The summed E-state index contributed by atoms with van der Waals surface area (Å²) < 4.78 is 7.64. The molecule has 0 saturated carbocycles. The smallest absolute Gasteiger partial charge is 0.137 e. The first kappa shape index (κ1) is 16.3. The van der Waals surface area contributed by atoms with Gasteiger partial charge >= 0.3 is 0 Å². The number of nitrogens with one attached hydrogen (secondary N) is 2. The van der Waals surface area contributed by atoms with Gasteiger partial charge in [0.05, 0.1) is 18.8 Å². The van der Waals surface area contributed by atoms with E-state index in [2.05, 4.69) is 56.8 Å². The molecule has 0 spiro atoms. The van der Waals surface area contributed by atoms with Gasteiger partial charge in [0.25, 0.3) is 0 Å². The fourth-order valence-corrected chi connectivity index (χ4v) is 4.28. The number of H-pyrrole nitrogens is 1. The Kier molecular flexibility index (Phi) is 3.48. The summed E-state index contributed by atoms with van der Waals surface area (Å²) in [6.07, 6.45) is 7.69. The summed E-state index contributed by atoms with van der Waals surface area (Å²) >= 11 is 0. The highest BCUT2D eigenvalue weighted by molar-refractivity contribution is 5.95. The van der Waals surface area contributed by atoms with E-state index in [-0.39, 0.29) is 0 Å². The number of pyridine rings is 2. The van der Waals surface area contributed by atoms with Crippen molar-refractivity contribution in [2.75, 3.05) is 7.11 Å². The van der Waals surface area contributed by atoms with Crippen LogP contribution in [0.5, 0.6) is 5.75 Å². The molecule has 6 nitrogen and oxygen atoms in total. The summed E-state index contributed by atoms with van der Waals surface area (Å²) in [4.78, 5) is 7.59. The number of methoxy groups -OCH3 is 1. The number of hydrogen-bond donors (Lipinski definition) is 2. The van der Waals surface area contributed by atoms with Crippen LogP contribution in [0.2, 0.25) is 0 Å². The second kappa shape index (κ2) is 6.18. The number of aromatic amines is 1. The van der Waals surface area contributed by atoms with Crippen molar-refractivity contribution >= 4 is 16.6 Å². The van der Waals surface area contributed by atoms with Crippen molar-refractivity contribution < 1.29 is 4.74 Å². The van der Waals surface area contributed by atoms with Crippen LogP contribution in [-0.2, 0) is 13.1 Å². The maximum absolute atomic E-state index is 5.73. The molecule has 0 fully saturated rings. The van der Waals surface area contributed by atoms with Crippen LogP contribution in [0.25, 0.3) is 38.8 Å². The Morgan fingerprint density at radius 3 is 2.79 bits per heavy atom. The highest BCUT2D eigenvalue weighted by atomic mass is 16.5. The summed E-state index contributed by atoms with van der Waals surface area (Å²) in [6.45, 7) is 1.78. The van der Waals surface area contributed by atoms with Gasteiger partial charge in [-0.3, -0.25) is 0 Å². The molecule has 5 heterocycles. The Labute approximate surface area is 167 Å². The maximum atomic E-state index is 5.73. The second-order valence-electron chi connectivity index (χ2n) is 7.33. The fourth-order valence-electron chi connectivity index (χ4n) is 4.28. The number of aromatic nitrogens is 4. The van der Waals surface area contributed by atoms with Gasteiger partial charge in [-0.15, -0.1) is 0 Å². The van der Waals surface area contributed by atoms with E-state index in [1.165, 1.54) is 11.1 Å². The van der Waals surface area contributed by atoms with Gasteiger partial charge in [0.15, 0.2) is 0 Å². The molecule has 6 heteroatoms. The van der Waals surface area contributed by atoms with Crippen molar-refractivity contribution in [1.82, 2.24) is 24.9 Å². The van der Waals surface area contributed by atoms with E-state index in [0.717, 1.165) is 57.6 Å². The van der Waals surface area contributed by atoms with E-state index < -0.39 is 0 Å². The predicted octanol–water partition coefficient (Wildman–Crippen LogP) is 4.16. The van der Waals surface area contributed by atoms with E-state index in [9.17, 15) is 0 Å². The molecule has 0 atom stereocenters. The molecule has 1 aromatic carbocycles. The summed E-state index contributed by atoms with van der Waals surface area (Å²) in [5, 5.41) is 9.10. The topological polar surface area (TPSA) is 67.2 Å². The number of hydrogen-bond acceptors (Lipinski definition) is 4. The first-order valence-corrected chi connectivity index (χ1v) is 9.62. The quantitative estimate of drug-likeness (QED) is 0.493. The largest absolute Gasteiger partial charge is 0.496 e. The van der Waals surface area contributed by atoms with E-state index >= 15 is 0 Å². The molecule has 2 N–H and O–H groups in total. The summed E-state index contributed by atoms with van der Waals surface area (Å²) in [5.41, 5.74) is 8.98. The van der Waals surface area contributed by atoms with Crippen LogP contribution in [0.3, 0.4) is 0 Å². The van der Waals surface area contributed by atoms with Crippen LogP contribution in [0.15, 0.2) is 61.2 Å². The molecule has 0 saturated heterocycles. The Hall–Kier alpha value is -3.64. The van der Waals surface area contributed by atoms with Crippen LogP contribution in [0.4, 0.5) is 0 Å². The molecule has 29 heavy (non-hydrogen) atoms. The molecular formula is C23H19N5O. The van der Waals surface area contributed by atoms with E-state index in [1.807, 2.05) is 29.3 Å². The highest BCUT2D eigenvalue weighted by Gasteiger charge is 2.19. The molecule has 142 valence electrons. The van der Waals surface area contributed by atoms with Crippen molar-refractivity contribution in [2.45, 2.75) is 13.1 Å². The molecule has 6 rings (SSSR count). The molecule has 4 aromatic heterocycles. The molecule has 1 aliphatic rings. The third-order valence-electron chi connectivity index (χ3n) is 5.74. The molecule has 5 aromatic rings. The molecule has 0 unspecified atom stereocenters. The Morgan fingerprint density at radius 2 is 1.90 bits per heavy atom. The zero-order valence-electron chi connectivity index (χ0n) is 15.9. The van der Waals surface area contributed by atoms with Crippen LogP contribution >= 0.6 is 0 Å². The van der Waals surface area contributed by atoms with E-state index in [1.54, 1.807) is 7.11 Å². The van der Waals surface area contributed by atoms with Crippen LogP contribution < -0.4 is 10.1 Å². The van der Waals surface area contributed by atoms with Gasteiger partial charge < -0.3 is 15.0 Å². The van der Waals surface area contributed by atoms with Crippen LogP contribution in [0, 0.1) is 0 Å². The fraction of sp³-hybridized carbons (Fsp3) is 0.130. The number of ether oxygens (including phenoxy) is 1. The third-order valence-corrected chi connectivity index (χ3v) is 5.74. The lowest BCUT2D eigenvalue weighted by Crippen LogP contribution is -1.99. The van der Waals surface area contributed by atoms with Gasteiger partial charge in [0.1, 0.15) is 11.4 Å². The minimum absolute atomic E-state index is 0.879. The number of benzene rings is 1. The Morgan fingerprint density at radius 1 is 1.00 bits per heavy atom. The van der Waals surface area contributed by atoms with Gasteiger partial charge in [-0.05, 0) is 58.7 Å². The zero-order valence-corrected chi connectivity index (χ0v) is 15.9. The number of nitrogens with zero attached hydrogens (tertiary/aromatic N) is 3. The summed E-state index contributed by atoms with van der Waals surface area (Å²) in [7, 11) is 1.73. The Bertz CT molecular complexity index is 1380. The van der Waals surface area contributed by atoms with E-state index in [4.69, 9.17) is 4.74 Å². The van der Waals surface area contributed by atoms with Crippen LogP contribution in [-0.4, -0.2) is 26.7 Å². The third kappa shape index (κ3) is 2.46. The monoisotopic (exact) mass is 381 g/mol. The van der Waals surface area contributed by atoms with Crippen molar-refractivity contribution in [3.8, 4) is 28.0 Å². The lowest BCUT2D eigenvalue weighted by Gasteiger charge is -2.11. The van der Waals surface area contributed by atoms with Crippen molar-refractivity contribution in [2.24, 2.45) is 0 Å². The number of rotatable bonds is 3. The van der Waals surface area contributed by atoms with Crippen molar-refractivity contribution in [3.05, 3.63) is 72.3 Å². The predicted molar refractivity (Wildman–Crippen MR) is 113 cm³/mol. The molecule has 0 amide bonds. The van der Waals surface area contributed by atoms with Crippen molar-refractivity contribution in [3.63, 3.8) is 0 Å². The van der Waals surface area contributed by atoms with Gasteiger partial charge in [-0.2, -0.15) is 5.10 Å². The van der Waals surface area contributed by atoms with Crippen molar-refractivity contribution in [1.29, 1.82) is 0 Å². The minimum atomic E-state index is 0.879. The normalized spacial score (nSPS) is 13.3. The lowest BCUT2D eigenvalue weighted by molar-refractivity contribution is 0.416. The van der Waals surface area contributed by atoms with Gasteiger partial charge in [-0.25, -0.2) is 9.50 Å². The number of fused-ring (bicyclic) bond motifs is 3. The summed E-state index contributed by atoms with van der Waals surface area (Å²) in [5.74, 6) is 0.879. The first-order chi connectivity index (χ1) is 14.3. The SMILES string of the molecule is COc1cc2c(cc1-c1cnn3ccc(-c4ccnc5[nH]ccc45)cc13)CNC2. The Balaban J connectivity index is 1.57. The van der Waals surface area contributed by atoms with E-state index in [0.29, 0.717) is 0 Å². The lowest BCUT2D eigenvalue weighted by atomic mass is 9.98. The first-order valence-electron chi connectivity index (χ1n) is 9.62.